The molecule has 0 saturated carbocycles. The maximum absolute atomic E-state index is 11.5. The molecule has 0 heterocycles. The third-order valence-electron chi connectivity index (χ3n) is 2.45. The quantitative estimate of drug-likeness (QED) is 0.717. The van der Waals surface area contributed by atoms with Crippen LogP contribution >= 0.6 is 0 Å². The van der Waals surface area contributed by atoms with Crippen molar-refractivity contribution < 1.29 is 9.53 Å². The SMILES string of the molecule is C=CCNC(=O)COc1c(C)cccc1CNC. The van der Waals surface area contributed by atoms with Crippen LogP contribution in [0.3, 0.4) is 0 Å². The highest BCUT2D eigenvalue weighted by molar-refractivity contribution is 5.77. The molecule has 0 aliphatic carbocycles. The largest absolute Gasteiger partial charge is 0.483 e. The van der Waals surface area contributed by atoms with Crippen LogP contribution in [0.5, 0.6) is 5.75 Å². The van der Waals surface area contributed by atoms with Gasteiger partial charge in [-0.1, -0.05) is 24.3 Å². The smallest absolute Gasteiger partial charge is 0.258 e. The van der Waals surface area contributed by atoms with Crippen LogP contribution in [0.15, 0.2) is 30.9 Å². The van der Waals surface area contributed by atoms with Crippen LogP contribution in [0.2, 0.25) is 0 Å². The van der Waals surface area contributed by atoms with Gasteiger partial charge in [0.05, 0.1) is 0 Å². The lowest BCUT2D eigenvalue weighted by Crippen LogP contribution is -2.29. The third kappa shape index (κ3) is 4.22. The Morgan fingerprint density at radius 2 is 2.28 bits per heavy atom. The van der Waals surface area contributed by atoms with Crippen molar-refractivity contribution in [3.8, 4) is 5.75 Å². The second-order valence-corrected chi connectivity index (χ2v) is 3.97. The fourth-order valence-electron chi connectivity index (χ4n) is 1.62. The van der Waals surface area contributed by atoms with Crippen molar-refractivity contribution in [2.45, 2.75) is 13.5 Å². The van der Waals surface area contributed by atoms with Gasteiger partial charge in [-0.05, 0) is 19.5 Å². The number of rotatable bonds is 7. The molecule has 0 spiro atoms. The number of carbonyl (C=O) groups is 1. The topological polar surface area (TPSA) is 50.4 Å². The summed E-state index contributed by atoms with van der Waals surface area (Å²) in [5.74, 6) is 0.633. The van der Waals surface area contributed by atoms with Gasteiger partial charge in [-0.2, -0.15) is 0 Å². The van der Waals surface area contributed by atoms with Gasteiger partial charge >= 0.3 is 0 Å². The number of para-hydroxylation sites is 1. The fraction of sp³-hybridized carbons (Fsp3) is 0.357. The Bertz CT molecular complexity index is 416. The summed E-state index contributed by atoms with van der Waals surface area (Å²) in [6.45, 7) is 6.70. The molecule has 0 bridgehead atoms. The van der Waals surface area contributed by atoms with Gasteiger partial charge in [-0.3, -0.25) is 4.79 Å². The minimum Gasteiger partial charge on any atom is -0.483 e. The molecule has 0 radical (unpaired) electrons. The lowest BCUT2D eigenvalue weighted by atomic mass is 10.1. The molecular weight excluding hydrogens is 228 g/mol. The molecule has 4 nitrogen and oxygen atoms in total. The Balaban J connectivity index is 2.65. The Kier molecular flexibility index (Phi) is 5.94. The molecule has 0 aliphatic rings. The molecule has 0 saturated heterocycles. The van der Waals surface area contributed by atoms with Gasteiger partial charge in [0, 0.05) is 18.7 Å². The van der Waals surface area contributed by atoms with E-state index >= 15 is 0 Å². The summed E-state index contributed by atoms with van der Waals surface area (Å²) in [7, 11) is 1.88. The van der Waals surface area contributed by atoms with Gasteiger partial charge in [-0.15, -0.1) is 6.58 Å². The maximum atomic E-state index is 11.5. The number of hydrogen-bond donors (Lipinski definition) is 2. The number of hydrogen-bond acceptors (Lipinski definition) is 3. The van der Waals surface area contributed by atoms with Crippen molar-refractivity contribution in [2.75, 3.05) is 20.2 Å². The maximum Gasteiger partial charge on any atom is 0.258 e. The standard InChI is InChI=1S/C14H20N2O2/c1-4-8-16-13(17)10-18-14-11(2)6-5-7-12(14)9-15-3/h4-7,15H,1,8-10H2,2-3H3,(H,16,17). The first kappa shape index (κ1) is 14.3. The Labute approximate surface area is 108 Å². The molecule has 2 N–H and O–H groups in total. The summed E-state index contributed by atoms with van der Waals surface area (Å²) in [6, 6.07) is 5.93. The molecule has 0 aliphatic heterocycles. The molecule has 0 fully saturated rings. The van der Waals surface area contributed by atoms with E-state index in [-0.39, 0.29) is 12.5 Å². The number of ether oxygens (including phenoxy) is 1. The monoisotopic (exact) mass is 248 g/mol. The summed E-state index contributed by atoms with van der Waals surface area (Å²) in [4.78, 5) is 11.5. The minimum atomic E-state index is -0.145. The van der Waals surface area contributed by atoms with E-state index in [2.05, 4.69) is 17.2 Å². The predicted octanol–water partition coefficient (Wildman–Crippen LogP) is 1.40. The molecule has 4 heteroatoms. The molecule has 1 aromatic carbocycles. The third-order valence-corrected chi connectivity index (χ3v) is 2.45. The van der Waals surface area contributed by atoms with Gasteiger partial charge in [0.2, 0.25) is 0 Å². The zero-order chi connectivity index (χ0) is 13.4. The molecule has 0 unspecified atom stereocenters. The Morgan fingerprint density at radius 3 is 2.94 bits per heavy atom. The number of carbonyl (C=O) groups excluding carboxylic acids is 1. The second kappa shape index (κ2) is 7.50. The van der Waals surface area contributed by atoms with Crippen LogP contribution in [0.25, 0.3) is 0 Å². The molecule has 1 aromatic rings. The average Bonchev–Trinajstić information content (AvgIpc) is 2.36. The average molecular weight is 248 g/mol. The normalized spacial score (nSPS) is 9.89. The summed E-state index contributed by atoms with van der Waals surface area (Å²) >= 11 is 0. The predicted molar refractivity (Wildman–Crippen MR) is 72.6 cm³/mol. The van der Waals surface area contributed by atoms with Crippen molar-refractivity contribution >= 4 is 5.91 Å². The van der Waals surface area contributed by atoms with E-state index in [4.69, 9.17) is 4.74 Å². The zero-order valence-corrected chi connectivity index (χ0v) is 11.0. The lowest BCUT2D eigenvalue weighted by molar-refractivity contribution is -0.122. The molecule has 18 heavy (non-hydrogen) atoms. The van der Waals surface area contributed by atoms with Gasteiger partial charge in [0.15, 0.2) is 6.61 Å². The summed E-state index contributed by atoms with van der Waals surface area (Å²) in [5, 5.41) is 5.76. The second-order valence-electron chi connectivity index (χ2n) is 3.97. The van der Waals surface area contributed by atoms with Crippen LogP contribution < -0.4 is 15.4 Å². The van der Waals surface area contributed by atoms with E-state index in [1.165, 1.54) is 0 Å². The molecule has 98 valence electrons. The molecule has 0 atom stereocenters. The van der Waals surface area contributed by atoms with E-state index < -0.39 is 0 Å². The van der Waals surface area contributed by atoms with Crippen LogP contribution in [0, 0.1) is 6.92 Å². The number of nitrogens with one attached hydrogen (secondary N) is 2. The highest BCUT2D eigenvalue weighted by atomic mass is 16.5. The van der Waals surface area contributed by atoms with Gasteiger partial charge < -0.3 is 15.4 Å². The van der Waals surface area contributed by atoms with E-state index in [0.29, 0.717) is 13.1 Å². The van der Waals surface area contributed by atoms with Gasteiger partial charge in [-0.25, -0.2) is 0 Å². The van der Waals surface area contributed by atoms with Gasteiger partial charge in [0.1, 0.15) is 5.75 Å². The van der Waals surface area contributed by atoms with Crippen molar-refractivity contribution in [1.82, 2.24) is 10.6 Å². The number of aryl methyl sites for hydroxylation is 1. The minimum absolute atomic E-state index is 0.0232. The van der Waals surface area contributed by atoms with Crippen molar-refractivity contribution in [3.63, 3.8) is 0 Å². The van der Waals surface area contributed by atoms with Crippen molar-refractivity contribution in [3.05, 3.63) is 42.0 Å². The van der Waals surface area contributed by atoms with Crippen molar-refractivity contribution in [2.24, 2.45) is 0 Å². The highest BCUT2D eigenvalue weighted by Crippen LogP contribution is 2.23. The molecule has 1 amide bonds. The lowest BCUT2D eigenvalue weighted by Gasteiger charge is -2.13. The first-order chi connectivity index (χ1) is 8.69. The van der Waals surface area contributed by atoms with E-state index in [0.717, 1.165) is 16.9 Å². The Morgan fingerprint density at radius 1 is 1.50 bits per heavy atom. The van der Waals surface area contributed by atoms with E-state index in [1.54, 1.807) is 6.08 Å². The van der Waals surface area contributed by atoms with Gasteiger partial charge in [0.25, 0.3) is 5.91 Å². The van der Waals surface area contributed by atoms with Crippen LogP contribution in [0.4, 0.5) is 0 Å². The molecule has 0 aromatic heterocycles. The number of benzene rings is 1. The Hall–Kier alpha value is -1.81. The molecule has 1 rings (SSSR count). The fourth-order valence-corrected chi connectivity index (χ4v) is 1.62. The molecular formula is C14H20N2O2. The highest BCUT2D eigenvalue weighted by Gasteiger charge is 2.08. The van der Waals surface area contributed by atoms with Crippen LogP contribution in [0.1, 0.15) is 11.1 Å². The summed E-state index contributed by atoms with van der Waals surface area (Å²) in [5.41, 5.74) is 2.08. The first-order valence-electron chi connectivity index (χ1n) is 5.92. The van der Waals surface area contributed by atoms with E-state index in [1.807, 2.05) is 32.2 Å². The zero-order valence-electron chi connectivity index (χ0n) is 11.0. The van der Waals surface area contributed by atoms with E-state index in [9.17, 15) is 4.79 Å². The first-order valence-corrected chi connectivity index (χ1v) is 5.92. The van der Waals surface area contributed by atoms with Crippen LogP contribution in [-0.2, 0) is 11.3 Å². The van der Waals surface area contributed by atoms with Crippen molar-refractivity contribution in [1.29, 1.82) is 0 Å². The summed E-state index contributed by atoms with van der Waals surface area (Å²) < 4.78 is 5.59. The number of amides is 1. The summed E-state index contributed by atoms with van der Waals surface area (Å²) in [6.07, 6.45) is 1.64. The van der Waals surface area contributed by atoms with Crippen LogP contribution in [-0.4, -0.2) is 26.1 Å².